The summed E-state index contributed by atoms with van der Waals surface area (Å²) in [6, 6.07) is 10.3. The zero-order valence-electron chi connectivity index (χ0n) is 15.7. The third kappa shape index (κ3) is 4.22. The summed E-state index contributed by atoms with van der Waals surface area (Å²) in [6.07, 6.45) is -0.279. The number of aryl methyl sites for hydroxylation is 1. The molecule has 3 atom stereocenters. The quantitative estimate of drug-likeness (QED) is 0.823. The van der Waals surface area contributed by atoms with Crippen molar-refractivity contribution in [3.63, 3.8) is 0 Å². The Kier molecular flexibility index (Phi) is 6.40. The van der Waals surface area contributed by atoms with Gasteiger partial charge in [-0.2, -0.15) is 5.26 Å². The number of rotatable bonds is 5. The highest BCUT2D eigenvalue weighted by Gasteiger charge is 2.29. The number of aliphatic hydroxyl groups is 2. The molecule has 28 heavy (non-hydrogen) atoms. The molecule has 2 N–H and O–H groups in total. The van der Waals surface area contributed by atoms with E-state index in [0.29, 0.717) is 36.0 Å². The Hall–Kier alpha value is -2.33. The van der Waals surface area contributed by atoms with Crippen LogP contribution in [0.3, 0.4) is 0 Å². The predicted octanol–water partition coefficient (Wildman–Crippen LogP) is 3.56. The molecule has 0 unspecified atom stereocenters. The van der Waals surface area contributed by atoms with Crippen molar-refractivity contribution >= 4 is 0 Å². The van der Waals surface area contributed by atoms with Crippen molar-refractivity contribution in [2.75, 3.05) is 6.61 Å². The molecule has 148 valence electrons. The highest BCUT2D eigenvalue weighted by molar-refractivity contribution is 5.44. The van der Waals surface area contributed by atoms with Crippen LogP contribution < -0.4 is 0 Å². The van der Waals surface area contributed by atoms with Gasteiger partial charge in [-0.3, -0.25) is 0 Å². The van der Waals surface area contributed by atoms with E-state index >= 15 is 0 Å². The summed E-state index contributed by atoms with van der Waals surface area (Å²) in [5.41, 5.74) is 2.17. The fourth-order valence-corrected chi connectivity index (χ4v) is 3.64. The van der Waals surface area contributed by atoms with E-state index in [1.165, 1.54) is 0 Å². The highest BCUT2D eigenvalue weighted by Crippen LogP contribution is 2.33. The maximum atomic E-state index is 14.4. The van der Waals surface area contributed by atoms with Crippen molar-refractivity contribution in [1.29, 1.82) is 5.26 Å². The molecule has 0 radical (unpaired) electrons. The Balaban J connectivity index is 1.92. The summed E-state index contributed by atoms with van der Waals surface area (Å²) < 4.78 is 34.4. The molecule has 1 saturated heterocycles. The van der Waals surface area contributed by atoms with E-state index < -0.39 is 29.9 Å². The van der Waals surface area contributed by atoms with Crippen LogP contribution in [0.2, 0.25) is 0 Å². The van der Waals surface area contributed by atoms with Crippen molar-refractivity contribution in [3.8, 4) is 6.07 Å². The van der Waals surface area contributed by atoms with E-state index in [2.05, 4.69) is 6.07 Å². The van der Waals surface area contributed by atoms with E-state index in [1.54, 1.807) is 37.3 Å². The van der Waals surface area contributed by atoms with Gasteiger partial charge in [-0.15, -0.1) is 0 Å². The number of hydrogen-bond donors (Lipinski definition) is 2. The number of ether oxygens (including phenoxy) is 1. The van der Waals surface area contributed by atoms with Crippen molar-refractivity contribution in [2.45, 2.75) is 50.9 Å². The van der Waals surface area contributed by atoms with Crippen LogP contribution in [-0.2, 0) is 17.6 Å². The monoisotopic (exact) mass is 387 g/mol. The minimum atomic E-state index is -0.890. The third-order valence-electron chi connectivity index (χ3n) is 5.21. The van der Waals surface area contributed by atoms with Gasteiger partial charge in [0, 0.05) is 19.3 Å². The number of nitrogens with zero attached hydrogens (tertiary/aromatic N) is 1. The summed E-state index contributed by atoms with van der Waals surface area (Å²) in [5, 5.41) is 28.8. The first-order valence-electron chi connectivity index (χ1n) is 9.39. The maximum absolute atomic E-state index is 14.4. The first kappa shape index (κ1) is 20.4. The smallest absolute Gasteiger partial charge is 0.162 e. The number of halogens is 2. The lowest BCUT2D eigenvalue weighted by Gasteiger charge is -2.32. The second-order valence-electron chi connectivity index (χ2n) is 7.13. The van der Waals surface area contributed by atoms with E-state index in [1.807, 2.05) is 0 Å². The molecular formula is C22H23F2NO3. The van der Waals surface area contributed by atoms with E-state index in [9.17, 15) is 24.3 Å². The Labute approximate surface area is 163 Å². The van der Waals surface area contributed by atoms with Gasteiger partial charge in [0.05, 0.1) is 36.6 Å². The molecule has 1 aliphatic heterocycles. The van der Waals surface area contributed by atoms with Crippen LogP contribution in [0, 0.1) is 23.0 Å². The Morgan fingerprint density at radius 2 is 1.82 bits per heavy atom. The van der Waals surface area contributed by atoms with Crippen molar-refractivity contribution in [2.24, 2.45) is 0 Å². The van der Waals surface area contributed by atoms with Gasteiger partial charge in [-0.05, 0) is 34.7 Å². The van der Waals surface area contributed by atoms with Crippen molar-refractivity contribution < 1.29 is 23.7 Å². The van der Waals surface area contributed by atoms with Crippen LogP contribution in [-0.4, -0.2) is 29.0 Å². The molecule has 1 fully saturated rings. The predicted molar refractivity (Wildman–Crippen MR) is 99.6 cm³/mol. The minimum Gasteiger partial charge on any atom is -0.394 e. The maximum Gasteiger partial charge on any atom is 0.162 e. The standard InChI is InChI=1S/C22H23F2NO3/c1-2-13-3-5-15(22(24)21(13)23)8-17-7-14(4-6-16(17)11-25)20-10-18(27)9-19(12-26)28-20/h3-7,18-20,26-27H,2,8-10,12H2,1H3/t18-,19-,20+/m0/s1. The zero-order chi connectivity index (χ0) is 20.3. The van der Waals surface area contributed by atoms with E-state index in [4.69, 9.17) is 4.74 Å². The minimum absolute atomic E-state index is 0.0716. The van der Waals surface area contributed by atoms with Crippen LogP contribution in [0.4, 0.5) is 8.78 Å². The Bertz CT molecular complexity index is 894. The number of hydrogen-bond acceptors (Lipinski definition) is 4. The van der Waals surface area contributed by atoms with Gasteiger partial charge in [-0.1, -0.05) is 31.2 Å². The normalized spacial score (nSPS) is 22.1. The molecule has 3 rings (SSSR count). The van der Waals surface area contributed by atoms with Gasteiger partial charge in [0.25, 0.3) is 0 Å². The molecule has 2 aromatic rings. The average molecular weight is 387 g/mol. The Morgan fingerprint density at radius 1 is 1.11 bits per heavy atom. The van der Waals surface area contributed by atoms with Crippen LogP contribution in [0.5, 0.6) is 0 Å². The van der Waals surface area contributed by atoms with Crippen LogP contribution in [0.15, 0.2) is 30.3 Å². The molecule has 2 aromatic carbocycles. The van der Waals surface area contributed by atoms with Gasteiger partial charge < -0.3 is 14.9 Å². The van der Waals surface area contributed by atoms with Crippen molar-refractivity contribution in [3.05, 3.63) is 69.8 Å². The molecule has 0 spiro atoms. The summed E-state index contributed by atoms with van der Waals surface area (Å²) in [6.45, 7) is 1.57. The SMILES string of the molecule is CCc1ccc(Cc2cc([C@H]3C[C@@H](O)C[C@@H](CO)O3)ccc2C#N)c(F)c1F. The van der Waals surface area contributed by atoms with Gasteiger partial charge in [0.2, 0.25) is 0 Å². The third-order valence-corrected chi connectivity index (χ3v) is 5.21. The molecule has 0 amide bonds. The second kappa shape index (κ2) is 8.78. The molecule has 0 aromatic heterocycles. The summed E-state index contributed by atoms with van der Waals surface area (Å²) >= 11 is 0. The molecule has 1 heterocycles. The van der Waals surface area contributed by atoms with E-state index in [0.717, 1.165) is 5.56 Å². The number of benzene rings is 2. The molecule has 0 aliphatic carbocycles. The van der Waals surface area contributed by atoms with Crippen LogP contribution in [0.25, 0.3) is 0 Å². The molecule has 0 bridgehead atoms. The lowest BCUT2D eigenvalue weighted by atomic mass is 9.91. The molecule has 1 aliphatic rings. The topological polar surface area (TPSA) is 73.5 Å². The molecule has 0 saturated carbocycles. The zero-order valence-corrected chi connectivity index (χ0v) is 15.7. The van der Waals surface area contributed by atoms with Gasteiger partial charge in [-0.25, -0.2) is 8.78 Å². The molecular weight excluding hydrogens is 364 g/mol. The van der Waals surface area contributed by atoms with E-state index in [-0.39, 0.29) is 18.6 Å². The van der Waals surface area contributed by atoms with Gasteiger partial charge >= 0.3 is 0 Å². The van der Waals surface area contributed by atoms with Crippen molar-refractivity contribution in [1.82, 2.24) is 0 Å². The lowest BCUT2D eigenvalue weighted by Crippen LogP contribution is -2.33. The van der Waals surface area contributed by atoms with Crippen LogP contribution >= 0.6 is 0 Å². The second-order valence-corrected chi connectivity index (χ2v) is 7.13. The fraction of sp³-hybridized carbons (Fsp3) is 0.409. The summed E-state index contributed by atoms with van der Waals surface area (Å²) in [4.78, 5) is 0. The molecule has 4 nitrogen and oxygen atoms in total. The highest BCUT2D eigenvalue weighted by atomic mass is 19.2. The molecule has 6 heteroatoms. The number of aliphatic hydroxyl groups excluding tert-OH is 2. The largest absolute Gasteiger partial charge is 0.394 e. The first-order valence-corrected chi connectivity index (χ1v) is 9.39. The van der Waals surface area contributed by atoms with Crippen LogP contribution in [0.1, 0.15) is 53.7 Å². The average Bonchev–Trinajstić information content (AvgIpc) is 2.71. The Morgan fingerprint density at radius 3 is 2.50 bits per heavy atom. The van der Waals surface area contributed by atoms with Gasteiger partial charge in [0.15, 0.2) is 11.6 Å². The van der Waals surface area contributed by atoms with Gasteiger partial charge in [0.1, 0.15) is 0 Å². The fourth-order valence-electron chi connectivity index (χ4n) is 3.64. The summed E-state index contributed by atoms with van der Waals surface area (Å²) in [7, 11) is 0. The number of nitriles is 1. The summed E-state index contributed by atoms with van der Waals surface area (Å²) in [5.74, 6) is -1.74. The lowest BCUT2D eigenvalue weighted by molar-refractivity contribution is -0.113. The first-order chi connectivity index (χ1) is 13.5.